The number of amides is 1. The molecule has 0 unspecified atom stereocenters. The number of aliphatic carboxylic acids is 1. The van der Waals surface area contributed by atoms with Gasteiger partial charge in [0.15, 0.2) is 0 Å². The summed E-state index contributed by atoms with van der Waals surface area (Å²) in [6.07, 6.45) is 9.63. The lowest BCUT2D eigenvalue weighted by Crippen LogP contribution is -2.40. The van der Waals surface area contributed by atoms with Crippen molar-refractivity contribution in [3.8, 4) is 0 Å². The van der Waals surface area contributed by atoms with Gasteiger partial charge in [0.2, 0.25) is 5.91 Å². The summed E-state index contributed by atoms with van der Waals surface area (Å²) in [6, 6.07) is 0.292. The fourth-order valence-corrected chi connectivity index (χ4v) is 3.22. The van der Waals surface area contributed by atoms with Crippen LogP contribution in [0.15, 0.2) is 0 Å². The maximum Gasteiger partial charge on any atom is 0.220 e. The second-order valence-electron chi connectivity index (χ2n) is 6.51. The van der Waals surface area contributed by atoms with E-state index in [4.69, 9.17) is 0 Å². The number of carboxylic acids is 1. The van der Waals surface area contributed by atoms with Gasteiger partial charge in [-0.1, -0.05) is 52.4 Å². The molecule has 2 atom stereocenters. The van der Waals surface area contributed by atoms with Crippen LogP contribution < -0.4 is 10.4 Å². The monoisotopic (exact) mass is 296 g/mol. The number of hydrogen-bond acceptors (Lipinski definition) is 3. The first-order chi connectivity index (χ1) is 10.0. The molecule has 1 N–H and O–H groups in total. The average Bonchev–Trinajstić information content (AvgIpc) is 2.44. The second kappa shape index (κ2) is 9.80. The smallest absolute Gasteiger partial charge is 0.220 e. The van der Waals surface area contributed by atoms with Gasteiger partial charge < -0.3 is 15.2 Å². The predicted molar refractivity (Wildman–Crippen MR) is 81.4 cm³/mol. The Morgan fingerprint density at radius 1 is 1.19 bits per heavy atom. The molecule has 0 spiro atoms. The Hall–Kier alpha value is -1.06. The van der Waals surface area contributed by atoms with E-state index in [1.807, 2.05) is 6.92 Å². The second-order valence-corrected chi connectivity index (χ2v) is 6.51. The summed E-state index contributed by atoms with van der Waals surface area (Å²) in [5.41, 5.74) is 0. The van der Waals surface area contributed by atoms with E-state index in [0.29, 0.717) is 18.9 Å². The molecule has 21 heavy (non-hydrogen) atoms. The molecule has 4 nitrogen and oxygen atoms in total. The number of unbranched alkanes of at least 4 members (excludes halogenated alkanes) is 2. The van der Waals surface area contributed by atoms with Crippen molar-refractivity contribution in [2.24, 2.45) is 11.8 Å². The maximum atomic E-state index is 12.1. The third kappa shape index (κ3) is 6.96. The maximum absolute atomic E-state index is 12.1. The van der Waals surface area contributed by atoms with Crippen molar-refractivity contribution in [1.29, 1.82) is 0 Å². The zero-order valence-electron chi connectivity index (χ0n) is 13.5. The van der Waals surface area contributed by atoms with Gasteiger partial charge >= 0.3 is 0 Å². The van der Waals surface area contributed by atoms with E-state index in [2.05, 4.69) is 12.2 Å². The van der Waals surface area contributed by atoms with Gasteiger partial charge in [0.25, 0.3) is 0 Å². The van der Waals surface area contributed by atoms with Crippen molar-refractivity contribution in [3.05, 3.63) is 0 Å². The standard InChI is InChI=1S/C17H31NO3/c1-3-4-6-11-15(17(20)21)13(2)12-16(19)18-14-9-7-5-8-10-14/h13-15H,3-12H2,1-2H3,(H,18,19)(H,20,21)/p-1/t13-,15-/m1/s1. The number of hydrogen-bond donors (Lipinski definition) is 1. The first-order valence-electron chi connectivity index (χ1n) is 8.54. The molecule has 0 aromatic heterocycles. The molecule has 0 aromatic carbocycles. The zero-order valence-corrected chi connectivity index (χ0v) is 13.5. The summed E-state index contributed by atoms with van der Waals surface area (Å²) in [5, 5.41) is 14.3. The highest BCUT2D eigenvalue weighted by Crippen LogP contribution is 2.23. The molecule has 1 rings (SSSR count). The van der Waals surface area contributed by atoms with E-state index < -0.39 is 11.9 Å². The minimum absolute atomic E-state index is 0.00357. The SMILES string of the molecule is CCCCC[C@@H](C(=O)[O-])[C@H](C)CC(=O)NC1CCCCC1. The largest absolute Gasteiger partial charge is 0.550 e. The highest BCUT2D eigenvalue weighted by molar-refractivity contribution is 5.77. The Morgan fingerprint density at radius 3 is 2.43 bits per heavy atom. The molecule has 1 aliphatic rings. The lowest BCUT2D eigenvalue weighted by atomic mass is 9.86. The number of carboxylic acid groups (broad SMARTS) is 1. The molecule has 4 heteroatoms. The molecule has 122 valence electrons. The summed E-state index contributed by atoms with van der Waals surface area (Å²) >= 11 is 0. The summed E-state index contributed by atoms with van der Waals surface area (Å²) in [7, 11) is 0. The van der Waals surface area contributed by atoms with Crippen LogP contribution in [0.4, 0.5) is 0 Å². The molecular formula is C17H30NO3-. The van der Waals surface area contributed by atoms with Gasteiger partial charge in [-0.2, -0.15) is 0 Å². The number of carbonyl (C=O) groups is 2. The minimum atomic E-state index is -1.01. The third-order valence-electron chi connectivity index (χ3n) is 4.59. The van der Waals surface area contributed by atoms with Crippen LogP contribution in [0.5, 0.6) is 0 Å². The average molecular weight is 296 g/mol. The molecule has 1 saturated carbocycles. The van der Waals surface area contributed by atoms with E-state index in [1.54, 1.807) is 0 Å². The lowest BCUT2D eigenvalue weighted by Gasteiger charge is -2.27. The van der Waals surface area contributed by atoms with Crippen LogP contribution >= 0.6 is 0 Å². The van der Waals surface area contributed by atoms with E-state index in [-0.39, 0.29) is 11.8 Å². The van der Waals surface area contributed by atoms with E-state index in [1.165, 1.54) is 19.3 Å². The van der Waals surface area contributed by atoms with Crippen LogP contribution in [0, 0.1) is 11.8 Å². The fraction of sp³-hybridized carbons (Fsp3) is 0.882. The van der Waals surface area contributed by atoms with Gasteiger partial charge in [0.05, 0.1) is 0 Å². The van der Waals surface area contributed by atoms with E-state index >= 15 is 0 Å². The zero-order chi connectivity index (χ0) is 15.7. The first kappa shape index (κ1) is 18.0. The molecule has 1 aliphatic carbocycles. The van der Waals surface area contributed by atoms with Gasteiger partial charge in [0, 0.05) is 24.3 Å². The summed E-state index contributed by atoms with van der Waals surface area (Å²) in [4.78, 5) is 23.3. The van der Waals surface area contributed by atoms with Gasteiger partial charge in [-0.3, -0.25) is 4.79 Å². The summed E-state index contributed by atoms with van der Waals surface area (Å²) < 4.78 is 0. The van der Waals surface area contributed by atoms with Crippen molar-refractivity contribution in [3.63, 3.8) is 0 Å². The van der Waals surface area contributed by atoms with Crippen molar-refractivity contribution in [2.75, 3.05) is 0 Å². The van der Waals surface area contributed by atoms with Crippen LogP contribution in [-0.4, -0.2) is 17.9 Å². The normalized spacial score (nSPS) is 19.0. The van der Waals surface area contributed by atoms with E-state index in [0.717, 1.165) is 32.1 Å². The summed E-state index contributed by atoms with van der Waals surface area (Å²) in [5.74, 6) is -1.68. The van der Waals surface area contributed by atoms with Crippen molar-refractivity contribution < 1.29 is 14.7 Å². The fourth-order valence-electron chi connectivity index (χ4n) is 3.22. The van der Waals surface area contributed by atoms with Crippen LogP contribution in [0.2, 0.25) is 0 Å². The number of nitrogens with one attached hydrogen (secondary N) is 1. The van der Waals surface area contributed by atoms with Gasteiger partial charge in [0.1, 0.15) is 0 Å². The van der Waals surface area contributed by atoms with Gasteiger partial charge in [-0.05, 0) is 25.2 Å². The van der Waals surface area contributed by atoms with Crippen LogP contribution in [0.1, 0.15) is 78.1 Å². The van der Waals surface area contributed by atoms with Crippen LogP contribution in [0.3, 0.4) is 0 Å². The molecule has 1 amide bonds. The molecule has 0 aromatic rings. The number of carbonyl (C=O) groups excluding carboxylic acids is 2. The Kier molecular flexibility index (Phi) is 8.40. The quantitative estimate of drug-likeness (QED) is 0.664. The Balaban J connectivity index is 2.37. The van der Waals surface area contributed by atoms with Crippen molar-refractivity contribution in [2.45, 2.75) is 84.1 Å². The molecule has 0 heterocycles. The lowest BCUT2D eigenvalue weighted by molar-refractivity contribution is -0.313. The molecule has 0 saturated heterocycles. The van der Waals surface area contributed by atoms with E-state index in [9.17, 15) is 14.7 Å². The predicted octanol–water partition coefficient (Wildman–Crippen LogP) is 2.41. The minimum Gasteiger partial charge on any atom is -0.550 e. The first-order valence-corrected chi connectivity index (χ1v) is 8.54. The van der Waals surface area contributed by atoms with Crippen molar-refractivity contribution >= 4 is 11.9 Å². The third-order valence-corrected chi connectivity index (χ3v) is 4.59. The molecule has 0 radical (unpaired) electrons. The highest BCUT2D eigenvalue weighted by atomic mass is 16.4. The number of rotatable bonds is 9. The molecule has 0 bridgehead atoms. The van der Waals surface area contributed by atoms with Crippen LogP contribution in [-0.2, 0) is 9.59 Å². The Bertz CT molecular complexity index is 324. The topological polar surface area (TPSA) is 69.2 Å². The van der Waals surface area contributed by atoms with Gasteiger partial charge in [-0.25, -0.2) is 0 Å². The Morgan fingerprint density at radius 2 is 1.86 bits per heavy atom. The summed E-state index contributed by atoms with van der Waals surface area (Å²) in [6.45, 7) is 3.95. The molecule has 1 fully saturated rings. The Labute approximate surface area is 128 Å². The molecular weight excluding hydrogens is 266 g/mol. The highest BCUT2D eigenvalue weighted by Gasteiger charge is 2.22. The van der Waals surface area contributed by atoms with Crippen molar-refractivity contribution in [1.82, 2.24) is 5.32 Å². The van der Waals surface area contributed by atoms with Crippen LogP contribution in [0.25, 0.3) is 0 Å². The van der Waals surface area contributed by atoms with Gasteiger partial charge in [-0.15, -0.1) is 0 Å². The molecule has 0 aliphatic heterocycles.